The van der Waals surface area contributed by atoms with Crippen LogP contribution in [0.25, 0.3) is 5.95 Å². The maximum Gasteiger partial charge on any atom is 0.440 e. The molecule has 0 atom stereocenters. The van der Waals surface area contributed by atoms with E-state index in [2.05, 4.69) is 15.3 Å². The normalized spacial score (nSPS) is 10.4. The Bertz CT molecular complexity index is 748. The summed E-state index contributed by atoms with van der Waals surface area (Å²) in [6.45, 7) is 0. The van der Waals surface area contributed by atoms with Crippen LogP contribution in [-0.4, -0.2) is 9.97 Å². The Morgan fingerprint density at radius 3 is 2.24 bits per heavy atom. The Balaban J connectivity index is 2.02. The fourth-order valence-electron chi connectivity index (χ4n) is 1.80. The summed E-state index contributed by atoms with van der Waals surface area (Å²) in [5, 5.41) is 3.64. The second-order valence-corrected chi connectivity index (χ2v) is 4.99. The highest BCUT2D eigenvalue weighted by Gasteiger charge is 2.20. The van der Waals surface area contributed by atoms with Crippen molar-refractivity contribution in [1.82, 2.24) is 9.97 Å². The molecule has 3 rings (SSSR count). The number of para-hydroxylation sites is 1. The molecule has 1 aromatic carbocycles. The summed E-state index contributed by atoms with van der Waals surface area (Å²) in [6.07, 6.45) is 3.68. The van der Waals surface area contributed by atoms with Crippen molar-refractivity contribution in [3.8, 4) is 5.95 Å². The van der Waals surface area contributed by atoms with Gasteiger partial charge in [0.2, 0.25) is 11.0 Å². The van der Waals surface area contributed by atoms with Crippen molar-refractivity contribution < 1.29 is 4.57 Å². The highest BCUT2D eigenvalue weighted by atomic mass is 35.5. The molecule has 0 saturated carbocycles. The summed E-state index contributed by atoms with van der Waals surface area (Å²) in [4.78, 5) is 8.61. The fraction of sp³-hybridized carbons (Fsp3) is 0. The van der Waals surface area contributed by atoms with E-state index in [-0.39, 0.29) is 5.15 Å². The Morgan fingerprint density at radius 2 is 1.52 bits per heavy atom. The minimum atomic E-state index is 0.205. The van der Waals surface area contributed by atoms with Gasteiger partial charge in [-0.3, -0.25) is 0 Å². The van der Waals surface area contributed by atoms with Gasteiger partial charge in [0.05, 0.1) is 12.4 Å². The minimum absolute atomic E-state index is 0.205. The first-order valence-corrected chi connectivity index (χ1v) is 7.01. The number of pyridine rings is 1. The smallest absolute Gasteiger partial charge is 0.325 e. The molecular weight excluding hydrogens is 307 g/mol. The molecule has 0 bridgehead atoms. The number of hydrogen-bond acceptors (Lipinski definition) is 3. The summed E-state index contributed by atoms with van der Waals surface area (Å²) >= 11 is 12.3. The van der Waals surface area contributed by atoms with Gasteiger partial charge in [-0.25, -0.2) is 4.57 Å². The molecule has 21 heavy (non-hydrogen) atoms. The van der Waals surface area contributed by atoms with Gasteiger partial charge >= 0.3 is 5.95 Å². The van der Waals surface area contributed by atoms with Gasteiger partial charge in [-0.1, -0.05) is 40.9 Å². The zero-order valence-electron chi connectivity index (χ0n) is 10.9. The average Bonchev–Trinajstić information content (AvgIpc) is 2.53. The Hall–Kier alpha value is -2.17. The van der Waals surface area contributed by atoms with Gasteiger partial charge in [-0.2, -0.15) is 0 Å². The minimum Gasteiger partial charge on any atom is -0.325 e. The molecule has 2 heterocycles. The van der Waals surface area contributed by atoms with E-state index >= 15 is 0 Å². The summed E-state index contributed by atoms with van der Waals surface area (Å²) in [5.74, 6) is 0.914. The molecule has 1 N–H and O–H groups in total. The lowest BCUT2D eigenvalue weighted by atomic mass is 10.3. The van der Waals surface area contributed by atoms with E-state index in [4.69, 9.17) is 23.2 Å². The molecule has 0 amide bonds. The summed E-state index contributed by atoms with van der Waals surface area (Å²) in [5.41, 5.74) is 0.873. The molecule has 0 saturated heterocycles. The SMILES string of the molecule is Clc1nc(-[n+]2ccccc2)nc(Nc2ccccc2)c1Cl. The van der Waals surface area contributed by atoms with Crippen LogP contribution < -0.4 is 9.88 Å². The van der Waals surface area contributed by atoms with Gasteiger partial charge in [0.25, 0.3) is 0 Å². The molecule has 6 heteroatoms. The van der Waals surface area contributed by atoms with Crippen molar-refractivity contribution in [2.75, 3.05) is 5.32 Å². The molecular formula is C15H11Cl2N4+. The lowest BCUT2D eigenvalue weighted by Gasteiger charge is -2.05. The quantitative estimate of drug-likeness (QED) is 0.590. The zero-order valence-corrected chi connectivity index (χ0v) is 12.4. The molecule has 0 unspecified atom stereocenters. The van der Waals surface area contributed by atoms with Gasteiger partial charge in [-0.15, -0.1) is 0 Å². The standard InChI is InChI=1S/C15H11Cl2N4/c16-12-13(17)19-15(21-9-5-2-6-10-21)20-14(12)18-11-7-3-1-4-8-11/h1-10H,(H,18,19,20)/q+1. The average molecular weight is 318 g/mol. The van der Waals surface area contributed by atoms with Crippen molar-refractivity contribution in [2.45, 2.75) is 0 Å². The van der Waals surface area contributed by atoms with Gasteiger partial charge in [0.1, 0.15) is 0 Å². The molecule has 0 radical (unpaired) electrons. The van der Waals surface area contributed by atoms with Crippen molar-refractivity contribution >= 4 is 34.7 Å². The Morgan fingerprint density at radius 1 is 0.857 bits per heavy atom. The fourth-order valence-corrected chi connectivity index (χ4v) is 2.09. The highest BCUT2D eigenvalue weighted by Crippen LogP contribution is 2.29. The second-order valence-electron chi connectivity index (χ2n) is 4.25. The number of nitrogens with zero attached hydrogens (tertiary/aromatic N) is 3. The van der Waals surface area contributed by atoms with Gasteiger partial charge in [-0.05, 0) is 40.9 Å². The summed E-state index contributed by atoms with van der Waals surface area (Å²) < 4.78 is 1.76. The summed E-state index contributed by atoms with van der Waals surface area (Å²) in [6, 6.07) is 15.3. The van der Waals surface area contributed by atoms with Crippen LogP contribution in [0.3, 0.4) is 0 Å². The first-order chi connectivity index (χ1) is 10.2. The molecule has 0 fully saturated rings. The van der Waals surface area contributed by atoms with E-state index in [1.807, 2.05) is 60.9 Å². The van der Waals surface area contributed by atoms with Crippen molar-refractivity contribution in [3.05, 3.63) is 71.1 Å². The number of aromatic nitrogens is 3. The first kappa shape index (κ1) is 13.8. The second kappa shape index (κ2) is 6.08. The molecule has 0 spiro atoms. The predicted molar refractivity (Wildman–Crippen MR) is 83.3 cm³/mol. The van der Waals surface area contributed by atoms with Crippen LogP contribution in [0.4, 0.5) is 11.5 Å². The lowest BCUT2D eigenvalue weighted by molar-refractivity contribution is -0.603. The molecule has 0 aliphatic heterocycles. The number of hydrogen-bond donors (Lipinski definition) is 1. The van der Waals surface area contributed by atoms with Crippen molar-refractivity contribution in [2.24, 2.45) is 0 Å². The Kier molecular flexibility index (Phi) is 3.99. The Labute approximate surface area is 132 Å². The third kappa shape index (κ3) is 3.12. The van der Waals surface area contributed by atoms with Crippen LogP contribution >= 0.6 is 23.2 Å². The maximum absolute atomic E-state index is 6.17. The van der Waals surface area contributed by atoms with Gasteiger partial charge < -0.3 is 5.32 Å². The van der Waals surface area contributed by atoms with E-state index in [1.54, 1.807) is 4.57 Å². The van der Waals surface area contributed by atoms with Crippen LogP contribution in [0.2, 0.25) is 10.2 Å². The molecule has 2 aromatic heterocycles. The molecule has 104 valence electrons. The molecule has 4 nitrogen and oxygen atoms in total. The van der Waals surface area contributed by atoms with Crippen LogP contribution in [-0.2, 0) is 0 Å². The topological polar surface area (TPSA) is 41.7 Å². The molecule has 0 aliphatic carbocycles. The van der Waals surface area contributed by atoms with Crippen molar-refractivity contribution in [3.63, 3.8) is 0 Å². The third-order valence-corrected chi connectivity index (χ3v) is 3.51. The van der Waals surface area contributed by atoms with Crippen LogP contribution in [0, 0.1) is 0 Å². The van der Waals surface area contributed by atoms with E-state index < -0.39 is 0 Å². The molecule has 3 aromatic rings. The predicted octanol–water partition coefficient (Wildman–Crippen LogP) is 3.80. The number of nitrogens with one attached hydrogen (secondary N) is 1. The number of benzene rings is 1. The lowest BCUT2D eigenvalue weighted by Crippen LogP contribution is -2.32. The summed E-state index contributed by atoms with van der Waals surface area (Å²) in [7, 11) is 0. The molecule has 0 aliphatic rings. The monoisotopic (exact) mass is 317 g/mol. The number of halogens is 2. The first-order valence-electron chi connectivity index (χ1n) is 6.26. The highest BCUT2D eigenvalue weighted by molar-refractivity contribution is 6.42. The van der Waals surface area contributed by atoms with E-state index in [0.29, 0.717) is 16.8 Å². The van der Waals surface area contributed by atoms with Crippen molar-refractivity contribution in [1.29, 1.82) is 0 Å². The maximum atomic E-state index is 6.17. The van der Waals surface area contributed by atoms with E-state index in [1.165, 1.54) is 0 Å². The number of anilines is 2. The van der Waals surface area contributed by atoms with Crippen LogP contribution in [0.5, 0.6) is 0 Å². The van der Waals surface area contributed by atoms with Crippen LogP contribution in [0.1, 0.15) is 0 Å². The van der Waals surface area contributed by atoms with Crippen LogP contribution in [0.15, 0.2) is 60.9 Å². The van der Waals surface area contributed by atoms with Gasteiger partial charge in [0.15, 0.2) is 5.02 Å². The van der Waals surface area contributed by atoms with Gasteiger partial charge in [0, 0.05) is 5.69 Å². The van der Waals surface area contributed by atoms with E-state index in [9.17, 15) is 0 Å². The largest absolute Gasteiger partial charge is 0.440 e. The number of rotatable bonds is 3. The van der Waals surface area contributed by atoms with E-state index in [0.717, 1.165) is 5.69 Å². The third-order valence-electron chi connectivity index (χ3n) is 2.78. The zero-order chi connectivity index (χ0) is 14.7.